The number of carbonyl (C=O) groups is 2. The molecular weight excluding hydrogens is 292 g/mol. The van der Waals surface area contributed by atoms with Gasteiger partial charge in [-0.25, -0.2) is 4.79 Å². The molecule has 1 amide bonds. The lowest BCUT2D eigenvalue weighted by Crippen LogP contribution is -2.55. The van der Waals surface area contributed by atoms with Gasteiger partial charge in [0.05, 0.1) is 6.04 Å². The zero-order valence-corrected chi connectivity index (χ0v) is 12.8. The minimum absolute atomic E-state index is 0.0912. The number of nitrogens with one attached hydrogen (secondary N) is 1. The standard InChI is InChI=1S/C14H20N2O4S/c1-14(2,21)11(15)12(18)16-10(13(19)20)7-8-3-5-9(17)6-4-8/h3-6,10-11,17,21H,7,15H2,1-2H3,(H,16,18)(H,19,20)/t10-,11+/m0/s1. The largest absolute Gasteiger partial charge is 0.508 e. The summed E-state index contributed by atoms with van der Waals surface area (Å²) in [5, 5.41) is 20.8. The number of hydrogen-bond donors (Lipinski definition) is 5. The van der Waals surface area contributed by atoms with Gasteiger partial charge in [-0.05, 0) is 31.5 Å². The molecule has 0 saturated heterocycles. The molecule has 0 fully saturated rings. The number of benzene rings is 1. The number of carboxylic acid groups (broad SMARTS) is 1. The highest BCUT2D eigenvalue weighted by Crippen LogP contribution is 2.16. The summed E-state index contributed by atoms with van der Waals surface area (Å²) in [6, 6.07) is 4.09. The molecule has 1 aromatic carbocycles. The molecule has 0 aliphatic heterocycles. The van der Waals surface area contributed by atoms with Gasteiger partial charge in [0.25, 0.3) is 0 Å². The molecule has 0 radical (unpaired) electrons. The highest BCUT2D eigenvalue weighted by molar-refractivity contribution is 7.81. The maximum atomic E-state index is 12.0. The Bertz CT molecular complexity index is 511. The summed E-state index contributed by atoms with van der Waals surface area (Å²) in [5.74, 6) is -1.63. The minimum Gasteiger partial charge on any atom is -0.508 e. The van der Waals surface area contributed by atoms with Crippen molar-refractivity contribution in [2.24, 2.45) is 5.73 Å². The maximum absolute atomic E-state index is 12.0. The number of rotatable bonds is 6. The Morgan fingerprint density at radius 2 is 1.86 bits per heavy atom. The van der Waals surface area contributed by atoms with Crippen LogP contribution in [-0.2, 0) is 16.0 Å². The van der Waals surface area contributed by atoms with Crippen molar-refractivity contribution >= 4 is 24.5 Å². The van der Waals surface area contributed by atoms with Crippen molar-refractivity contribution in [3.05, 3.63) is 29.8 Å². The molecule has 0 aromatic heterocycles. The van der Waals surface area contributed by atoms with Crippen LogP contribution in [0.2, 0.25) is 0 Å². The number of carboxylic acids is 1. The number of aromatic hydroxyl groups is 1. The molecule has 0 spiro atoms. The third-order valence-corrected chi connectivity index (χ3v) is 3.31. The van der Waals surface area contributed by atoms with Crippen LogP contribution in [0.5, 0.6) is 5.75 Å². The van der Waals surface area contributed by atoms with Crippen LogP contribution in [0.1, 0.15) is 19.4 Å². The molecule has 1 aromatic rings. The monoisotopic (exact) mass is 312 g/mol. The maximum Gasteiger partial charge on any atom is 0.326 e. The number of phenols is 1. The van der Waals surface area contributed by atoms with Crippen molar-refractivity contribution in [3.63, 3.8) is 0 Å². The van der Waals surface area contributed by atoms with E-state index in [-0.39, 0.29) is 12.2 Å². The van der Waals surface area contributed by atoms with Gasteiger partial charge in [-0.15, -0.1) is 0 Å². The molecule has 6 nitrogen and oxygen atoms in total. The van der Waals surface area contributed by atoms with Gasteiger partial charge in [0.2, 0.25) is 5.91 Å². The number of thiol groups is 1. The number of carbonyl (C=O) groups excluding carboxylic acids is 1. The molecule has 0 unspecified atom stereocenters. The fraction of sp³-hybridized carbons (Fsp3) is 0.429. The summed E-state index contributed by atoms with van der Waals surface area (Å²) < 4.78 is -0.758. The van der Waals surface area contributed by atoms with E-state index in [1.165, 1.54) is 12.1 Å². The van der Waals surface area contributed by atoms with Crippen molar-refractivity contribution in [1.82, 2.24) is 5.32 Å². The summed E-state index contributed by atoms with van der Waals surface area (Å²) in [6.07, 6.45) is 0.0983. The fourth-order valence-corrected chi connectivity index (χ4v) is 1.77. The van der Waals surface area contributed by atoms with Crippen LogP contribution < -0.4 is 11.1 Å². The van der Waals surface area contributed by atoms with E-state index in [0.29, 0.717) is 5.56 Å². The van der Waals surface area contributed by atoms with E-state index < -0.39 is 28.7 Å². The van der Waals surface area contributed by atoms with Gasteiger partial charge in [0, 0.05) is 11.2 Å². The second kappa shape index (κ2) is 6.82. The average Bonchev–Trinajstić information content (AvgIpc) is 2.38. The van der Waals surface area contributed by atoms with Gasteiger partial charge in [-0.3, -0.25) is 4.79 Å². The molecule has 1 rings (SSSR count). The minimum atomic E-state index is -1.15. The number of nitrogens with two attached hydrogens (primary N) is 1. The van der Waals surface area contributed by atoms with E-state index in [2.05, 4.69) is 17.9 Å². The molecule has 0 aliphatic carbocycles. The predicted octanol–water partition coefficient (Wildman–Crippen LogP) is 0.540. The Balaban J connectivity index is 2.77. The smallest absolute Gasteiger partial charge is 0.326 e. The van der Waals surface area contributed by atoms with Crippen molar-refractivity contribution in [2.45, 2.75) is 37.1 Å². The quantitative estimate of drug-likeness (QED) is 0.492. The zero-order chi connectivity index (χ0) is 16.2. The molecule has 0 saturated carbocycles. The highest BCUT2D eigenvalue weighted by Gasteiger charge is 2.31. The first-order valence-corrected chi connectivity index (χ1v) is 6.85. The van der Waals surface area contributed by atoms with E-state index in [0.717, 1.165) is 0 Å². The zero-order valence-electron chi connectivity index (χ0n) is 11.9. The van der Waals surface area contributed by atoms with Gasteiger partial charge in [-0.2, -0.15) is 12.6 Å². The van der Waals surface area contributed by atoms with Crippen LogP contribution in [0.4, 0.5) is 0 Å². The molecule has 116 valence electrons. The van der Waals surface area contributed by atoms with E-state index >= 15 is 0 Å². The number of amides is 1. The Hall–Kier alpha value is -1.73. The van der Waals surface area contributed by atoms with Gasteiger partial charge >= 0.3 is 5.97 Å². The lowest BCUT2D eigenvalue weighted by molar-refractivity contribution is -0.142. The third-order valence-electron chi connectivity index (χ3n) is 3.03. The topological polar surface area (TPSA) is 113 Å². The van der Waals surface area contributed by atoms with Crippen molar-refractivity contribution in [3.8, 4) is 5.75 Å². The summed E-state index contributed by atoms with van der Waals surface area (Å²) >= 11 is 4.21. The summed E-state index contributed by atoms with van der Waals surface area (Å²) in [5.41, 5.74) is 6.42. The first-order chi connectivity index (χ1) is 9.61. The van der Waals surface area contributed by atoms with Gasteiger partial charge < -0.3 is 21.3 Å². The Morgan fingerprint density at radius 1 is 1.33 bits per heavy atom. The third kappa shape index (κ3) is 5.28. The highest BCUT2D eigenvalue weighted by atomic mass is 32.1. The summed E-state index contributed by atoms with van der Waals surface area (Å²) in [6.45, 7) is 3.35. The Labute approximate surface area is 128 Å². The van der Waals surface area contributed by atoms with Crippen molar-refractivity contribution in [2.75, 3.05) is 0 Å². The Morgan fingerprint density at radius 3 is 2.29 bits per heavy atom. The van der Waals surface area contributed by atoms with Crippen LogP contribution in [0.3, 0.4) is 0 Å². The molecule has 21 heavy (non-hydrogen) atoms. The van der Waals surface area contributed by atoms with Gasteiger partial charge in [-0.1, -0.05) is 12.1 Å². The fourth-order valence-electron chi connectivity index (χ4n) is 1.65. The SMILES string of the molecule is CC(C)(S)[C@H](N)C(=O)N[C@@H](Cc1ccc(O)cc1)C(=O)O. The summed E-state index contributed by atoms with van der Waals surface area (Å²) in [7, 11) is 0. The lowest BCUT2D eigenvalue weighted by Gasteiger charge is -2.26. The molecule has 0 aliphatic rings. The normalized spacial score (nSPS) is 14.3. The second-order valence-electron chi connectivity index (χ2n) is 5.40. The molecule has 5 N–H and O–H groups in total. The van der Waals surface area contributed by atoms with E-state index in [9.17, 15) is 19.8 Å². The number of aliphatic carboxylic acids is 1. The average molecular weight is 312 g/mol. The van der Waals surface area contributed by atoms with E-state index in [1.807, 2.05) is 0 Å². The number of phenolic OH excluding ortho intramolecular Hbond substituents is 1. The van der Waals surface area contributed by atoms with Crippen LogP contribution >= 0.6 is 12.6 Å². The summed E-state index contributed by atoms with van der Waals surface area (Å²) in [4.78, 5) is 23.2. The Kier molecular flexibility index (Phi) is 5.62. The predicted molar refractivity (Wildman–Crippen MR) is 82.4 cm³/mol. The van der Waals surface area contributed by atoms with Crippen LogP contribution in [0.25, 0.3) is 0 Å². The molecule has 7 heteroatoms. The van der Waals surface area contributed by atoms with Crippen LogP contribution in [0, 0.1) is 0 Å². The second-order valence-corrected chi connectivity index (χ2v) is 6.55. The lowest BCUT2D eigenvalue weighted by atomic mass is 10.0. The van der Waals surface area contributed by atoms with Gasteiger partial charge in [0.15, 0.2) is 0 Å². The van der Waals surface area contributed by atoms with Crippen molar-refractivity contribution in [1.29, 1.82) is 0 Å². The molecule has 2 atom stereocenters. The van der Waals surface area contributed by atoms with Crippen LogP contribution in [0.15, 0.2) is 24.3 Å². The van der Waals surface area contributed by atoms with Crippen molar-refractivity contribution < 1.29 is 19.8 Å². The molecular formula is C14H20N2O4S. The molecule has 0 bridgehead atoms. The van der Waals surface area contributed by atoms with Gasteiger partial charge in [0.1, 0.15) is 11.8 Å². The first-order valence-electron chi connectivity index (χ1n) is 6.40. The van der Waals surface area contributed by atoms with Crippen LogP contribution in [-0.4, -0.2) is 38.9 Å². The van der Waals surface area contributed by atoms with E-state index in [4.69, 9.17) is 5.73 Å². The molecule has 0 heterocycles. The first kappa shape index (κ1) is 17.3. The van der Waals surface area contributed by atoms with E-state index in [1.54, 1.807) is 26.0 Å². The number of hydrogen-bond acceptors (Lipinski definition) is 5.